The van der Waals surface area contributed by atoms with Crippen LogP contribution in [0.25, 0.3) is 0 Å². The number of aryl methyl sites for hydroxylation is 1. The Bertz CT molecular complexity index is 631. The molecule has 1 aliphatic rings. The molecular weight excluding hydrogens is 296 g/mol. The summed E-state index contributed by atoms with van der Waals surface area (Å²) in [4.78, 5) is 23.1. The number of anilines is 3. The van der Waals surface area contributed by atoms with Crippen LogP contribution in [0, 0.1) is 6.92 Å². The number of hydrogen-bond donors (Lipinski definition) is 2. The molecule has 1 fully saturated rings. The van der Waals surface area contributed by atoms with Gasteiger partial charge >= 0.3 is 0 Å². The van der Waals surface area contributed by atoms with Crippen LogP contribution in [0.4, 0.5) is 16.1 Å². The number of nitrogens with two attached hydrogens (primary N) is 1. The van der Waals surface area contributed by atoms with Gasteiger partial charge in [0.2, 0.25) is 5.13 Å². The first-order valence-corrected chi connectivity index (χ1v) is 7.85. The lowest BCUT2D eigenvalue weighted by Crippen LogP contribution is -2.17. The van der Waals surface area contributed by atoms with E-state index < -0.39 is 0 Å². The Labute approximate surface area is 124 Å². The predicted molar refractivity (Wildman–Crippen MR) is 80.6 cm³/mol. The molecule has 3 rings (SSSR count). The van der Waals surface area contributed by atoms with Crippen LogP contribution < -0.4 is 16.0 Å². The van der Waals surface area contributed by atoms with Gasteiger partial charge in [-0.15, -0.1) is 0 Å². The van der Waals surface area contributed by atoms with E-state index in [1.165, 1.54) is 11.3 Å². The molecule has 0 aliphatic carbocycles. The fourth-order valence-electron chi connectivity index (χ4n) is 2.03. The van der Waals surface area contributed by atoms with Crippen molar-refractivity contribution in [2.24, 2.45) is 0 Å². The van der Waals surface area contributed by atoms with Crippen LogP contribution in [0.5, 0.6) is 0 Å². The second-order valence-electron chi connectivity index (χ2n) is 4.51. The van der Waals surface area contributed by atoms with Gasteiger partial charge in [-0.25, -0.2) is 9.97 Å². The number of hydrogen-bond acceptors (Lipinski definition) is 8. The Kier molecular flexibility index (Phi) is 3.53. The summed E-state index contributed by atoms with van der Waals surface area (Å²) in [5.74, 6) is 0.637. The third-order valence-electron chi connectivity index (χ3n) is 2.97. The van der Waals surface area contributed by atoms with Crippen molar-refractivity contribution < 1.29 is 4.79 Å². The number of carbonyl (C=O) groups is 1. The topological polar surface area (TPSA) is 97.0 Å². The summed E-state index contributed by atoms with van der Waals surface area (Å²) in [5.41, 5.74) is 5.85. The molecule has 2 aromatic rings. The molecular formula is C11H14N6OS2. The van der Waals surface area contributed by atoms with E-state index in [-0.39, 0.29) is 11.7 Å². The van der Waals surface area contributed by atoms with E-state index in [0.717, 1.165) is 42.6 Å². The molecule has 0 bridgehead atoms. The normalized spacial score (nSPS) is 14.8. The number of carbonyl (C=O) groups excluding carboxylic acids is 1. The number of nitrogens with zero attached hydrogens (tertiary/aromatic N) is 4. The molecule has 7 nitrogen and oxygen atoms in total. The third kappa shape index (κ3) is 2.59. The van der Waals surface area contributed by atoms with Crippen molar-refractivity contribution in [2.75, 3.05) is 29.0 Å². The molecule has 0 radical (unpaired) electrons. The minimum Gasteiger partial charge on any atom is -0.382 e. The minimum atomic E-state index is -0.276. The number of nitrogen functional groups attached to an aromatic ring is 1. The van der Waals surface area contributed by atoms with E-state index in [1.807, 2.05) is 0 Å². The maximum absolute atomic E-state index is 12.2. The highest BCUT2D eigenvalue weighted by atomic mass is 32.1. The molecule has 3 heterocycles. The SMILES string of the molecule is Cc1nsc(NC(=O)c2sc(N3CCCC3)nc2N)n1. The van der Waals surface area contributed by atoms with Gasteiger partial charge in [0.1, 0.15) is 16.5 Å². The number of amides is 1. The molecule has 0 unspecified atom stereocenters. The first kappa shape index (κ1) is 13.3. The molecule has 3 N–H and O–H groups in total. The van der Waals surface area contributed by atoms with E-state index in [9.17, 15) is 4.79 Å². The summed E-state index contributed by atoms with van der Waals surface area (Å²) >= 11 is 2.48. The summed E-state index contributed by atoms with van der Waals surface area (Å²) in [6, 6.07) is 0. The summed E-state index contributed by atoms with van der Waals surface area (Å²) < 4.78 is 4.02. The smallest absolute Gasteiger partial charge is 0.271 e. The van der Waals surface area contributed by atoms with E-state index in [1.54, 1.807) is 6.92 Å². The van der Waals surface area contributed by atoms with Gasteiger partial charge in [-0.2, -0.15) is 4.37 Å². The van der Waals surface area contributed by atoms with Crippen molar-refractivity contribution in [1.82, 2.24) is 14.3 Å². The molecule has 0 aromatic carbocycles. The van der Waals surface area contributed by atoms with Crippen LogP contribution >= 0.6 is 22.9 Å². The summed E-state index contributed by atoms with van der Waals surface area (Å²) in [7, 11) is 0. The van der Waals surface area contributed by atoms with Gasteiger partial charge in [0.15, 0.2) is 5.13 Å². The van der Waals surface area contributed by atoms with Crippen LogP contribution in [0.3, 0.4) is 0 Å². The number of aromatic nitrogens is 3. The number of thiazole rings is 1. The van der Waals surface area contributed by atoms with E-state index >= 15 is 0 Å². The fraction of sp³-hybridized carbons (Fsp3) is 0.455. The third-order valence-corrected chi connectivity index (χ3v) is 4.83. The van der Waals surface area contributed by atoms with Crippen molar-refractivity contribution in [1.29, 1.82) is 0 Å². The van der Waals surface area contributed by atoms with Crippen molar-refractivity contribution in [3.63, 3.8) is 0 Å². The fourth-order valence-corrected chi connectivity index (χ4v) is 3.53. The molecule has 0 atom stereocenters. The second-order valence-corrected chi connectivity index (χ2v) is 6.24. The summed E-state index contributed by atoms with van der Waals surface area (Å²) in [5, 5.41) is 3.99. The maximum atomic E-state index is 12.2. The molecule has 9 heteroatoms. The van der Waals surface area contributed by atoms with Crippen LogP contribution in [0.1, 0.15) is 28.3 Å². The van der Waals surface area contributed by atoms with Crippen LogP contribution in [-0.2, 0) is 0 Å². The maximum Gasteiger partial charge on any atom is 0.271 e. The summed E-state index contributed by atoms with van der Waals surface area (Å²) in [6.45, 7) is 3.73. The zero-order valence-corrected chi connectivity index (χ0v) is 12.6. The molecule has 1 saturated heterocycles. The number of rotatable bonds is 3. The van der Waals surface area contributed by atoms with Gasteiger partial charge in [-0.05, 0) is 19.8 Å². The molecule has 2 aromatic heterocycles. The van der Waals surface area contributed by atoms with Gasteiger partial charge < -0.3 is 10.6 Å². The first-order chi connectivity index (χ1) is 9.63. The largest absolute Gasteiger partial charge is 0.382 e. The zero-order valence-electron chi connectivity index (χ0n) is 10.9. The van der Waals surface area contributed by atoms with Gasteiger partial charge in [-0.1, -0.05) is 11.3 Å². The second kappa shape index (κ2) is 5.33. The van der Waals surface area contributed by atoms with E-state index in [4.69, 9.17) is 5.73 Å². The lowest BCUT2D eigenvalue weighted by atomic mass is 10.4. The van der Waals surface area contributed by atoms with Gasteiger partial charge in [0, 0.05) is 24.6 Å². The first-order valence-electron chi connectivity index (χ1n) is 6.26. The highest BCUT2D eigenvalue weighted by molar-refractivity contribution is 7.18. The van der Waals surface area contributed by atoms with Crippen LogP contribution in [-0.4, -0.2) is 33.3 Å². The molecule has 20 heavy (non-hydrogen) atoms. The van der Waals surface area contributed by atoms with Gasteiger partial charge in [0.05, 0.1) is 0 Å². The van der Waals surface area contributed by atoms with Crippen molar-refractivity contribution in [3.8, 4) is 0 Å². The zero-order chi connectivity index (χ0) is 14.1. The highest BCUT2D eigenvalue weighted by Crippen LogP contribution is 2.30. The van der Waals surface area contributed by atoms with E-state index in [0.29, 0.717) is 15.8 Å². The highest BCUT2D eigenvalue weighted by Gasteiger charge is 2.22. The van der Waals surface area contributed by atoms with E-state index in [2.05, 4.69) is 24.6 Å². The van der Waals surface area contributed by atoms with Crippen molar-refractivity contribution >= 4 is 44.9 Å². The predicted octanol–water partition coefficient (Wildman–Crippen LogP) is 1.74. The van der Waals surface area contributed by atoms with Crippen molar-refractivity contribution in [3.05, 3.63) is 10.7 Å². The van der Waals surface area contributed by atoms with Gasteiger partial charge in [0.25, 0.3) is 5.91 Å². The lowest BCUT2D eigenvalue weighted by Gasteiger charge is -2.11. The van der Waals surface area contributed by atoms with Crippen molar-refractivity contribution in [2.45, 2.75) is 19.8 Å². The number of nitrogens with one attached hydrogen (secondary N) is 1. The Morgan fingerprint density at radius 2 is 2.10 bits per heavy atom. The monoisotopic (exact) mass is 310 g/mol. The Morgan fingerprint density at radius 3 is 2.75 bits per heavy atom. The Hall–Kier alpha value is -1.74. The minimum absolute atomic E-state index is 0.274. The average Bonchev–Trinajstić information content (AvgIpc) is 3.09. The molecule has 1 amide bonds. The standard InChI is InChI=1S/C11H14N6OS2/c1-6-13-10(20-16-6)15-9(18)7-8(12)14-11(19-7)17-4-2-3-5-17/h2-5,12H2,1H3,(H,13,15,16,18). The Morgan fingerprint density at radius 1 is 1.35 bits per heavy atom. The quantitative estimate of drug-likeness (QED) is 0.896. The average molecular weight is 310 g/mol. The lowest BCUT2D eigenvalue weighted by molar-refractivity contribution is 0.103. The molecule has 106 valence electrons. The molecule has 1 aliphatic heterocycles. The van der Waals surface area contributed by atoms with Gasteiger partial charge in [-0.3, -0.25) is 10.1 Å². The molecule has 0 spiro atoms. The van der Waals surface area contributed by atoms with Crippen LogP contribution in [0.2, 0.25) is 0 Å². The molecule has 0 saturated carbocycles. The Balaban J connectivity index is 1.77. The van der Waals surface area contributed by atoms with Crippen LogP contribution in [0.15, 0.2) is 0 Å². The summed E-state index contributed by atoms with van der Waals surface area (Å²) in [6.07, 6.45) is 2.32.